The number of rotatable bonds is 5. The van der Waals surface area contributed by atoms with Crippen LogP contribution >= 0.6 is 0 Å². The molecule has 0 aliphatic heterocycles. The third-order valence-corrected chi connectivity index (χ3v) is 4.76. The molecule has 1 aromatic heterocycles. The highest BCUT2D eigenvalue weighted by atomic mass is 16.6. The third kappa shape index (κ3) is 3.69. The van der Waals surface area contributed by atoms with Crippen molar-refractivity contribution in [2.24, 2.45) is 5.10 Å². The Bertz CT molecular complexity index is 1460. The summed E-state index contributed by atoms with van der Waals surface area (Å²) in [5, 5.41) is 28.8. The second-order valence-corrected chi connectivity index (χ2v) is 6.67. The molecule has 3 aromatic carbocycles. The molecule has 31 heavy (non-hydrogen) atoms. The largest absolute Gasteiger partial charge is 0.422 e. The van der Waals surface area contributed by atoms with Gasteiger partial charge in [-0.1, -0.05) is 30.3 Å². The van der Waals surface area contributed by atoms with Crippen molar-refractivity contribution in [3.63, 3.8) is 0 Å². The predicted octanol–water partition coefficient (Wildman–Crippen LogP) is 4.60. The van der Waals surface area contributed by atoms with Gasteiger partial charge in [-0.15, -0.1) is 0 Å². The number of hydrogen-bond acceptors (Lipinski definition) is 8. The smallest absolute Gasteiger partial charge is 0.345 e. The van der Waals surface area contributed by atoms with Gasteiger partial charge < -0.3 is 4.42 Å². The minimum absolute atomic E-state index is 0.0504. The van der Waals surface area contributed by atoms with E-state index >= 15 is 0 Å². The van der Waals surface area contributed by atoms with Crippen molar-refractivity contribution in [1.29, 1.82) is 0 Å². The first-order valence-corrected chi connectivity index (χ1v) is 9.04. The van der Waals surface area contributed by atoms with Gasteiger partial charge >= 0.3 is 11.3 Å². The Kier molecular flexibility index (Phi) is 4.88. The van der Waals surface area contributed by atoms with Gasteiger partial charge in [0.1, 0.15) is 11.3 Å². The van der Waals surface area contributed by atoms with Crippen LogP contribution in [0.5, 0.6) is 0 Å². The average Bonchev–Trinajstić information content (AvgIpc) is 2.76. The summed E-state index contributed by atoms with van der Waals surface area (Å²) in [4.78, 5) is 33.1. The summed E-state index contributed by atoms with van der Waals surface area (Å²) in [5.74, 6) is 0. The molecule has 10 nitrogen and oxygen atoms in total. The fourth-order valence-electron chi connectivity index (χ4n) is 3.21. The van der Waals surface area contributed by atoms with Crippen LogP contribution in [0.15, 0.2) is 75.0 Å². The van der Waals surface area contributed by atoms with Gasteiger partial charge in [-0.25, -0.2) is 4.79 Å². The Labute approximate surface area is 173 Å². The number of non-ortho nitro benzene ring substituents is 1. The third-order valence-electron chi connectivity index (χ3n) is 4.76. The maximum Gasteiger partial charge on any atom is 0.345 e. The molecule has 0 bridgehead atoms. The molecule has 0 radical (unpaired) electrons. The van der Waals surface area contributed by atoms with E-state index in [1.165, 1.54) is 6.07 Å². The van der Waals surface area contributed by atoms with Gasteiger partial charge in [0.2, 0.25) is 0 Å². The van der Waals surface area contributed by atoms with Crippen LogP contribution < -0.4 is 11.1 Å². The molecule has 0 aliphatic rings. The van der Waals surface area contributed by atoms with Gasteiger partial charge in [-0.3, -0.25) is 25.7 Å². The number of fused-ring (bicyclic) bond motifs is 3. The Balaban J connectivity index is 1.76. The molecular weight excluding hydrogens is 404 g/mol. The van der Waals surface area contributed by atoms with Crippen molar-refractivity contribution in [2.45, 2.75) is 6.92 Å². The number of benzene rings is 3. The minimum atomic E-state index is -0.753. The molecule has 154 valence electrons. The van der Waals surface area contributed by atoms with Crippen LogP contribution in [0, 0.1) is 20.2 Å². The lowest BCUT2D eigenvalue weighted by molar-refractivity contribution is -0.393. The predicted molar refractivity (Wildman–Crippen MR) is 116 cm³/mol. The second kappa shape index (κ2) is 7.67. The number of nitro groups is 2. The molecule has 0 amide bonds. The van der Waals surface area contributed by atoms with E-state index in [1.54, 1.807) is 19.1 Å². The van der Waals surface area contributed by atoms with Crippen LogP contribution in [0.4, 0.5) is 17.1 Å². The van der Waals surface area contributed by atoms with Gasteiger partial charge in [-0.2, -0.15) is 5.10 Å². The van der Waals surface area contributed by atoms with Crippen molar-refractivity contribution >= 4 is 44.5 Å². The van der Waals surface area contributed by atoms with E-state index in [0.717, 1.165) is 28.3 Å². The number of nitro benzene ring substituents is 2. The monoisotopic (exact) mass is 418 g/mol. The van der Waals surface area contributed by atoms with Crippen molar-refractivity contribution in [3.8, 4) is 0 Å². The van der Waals surface area contributed by atoms with Crippen LogP contribution in [0.2, 0.25) is 0 Å². The van der Waals surface area contributed by atoms with E-state index in [2.05, 4.69) is 10.5 Å². The van der Waals surface area contributed by atoms with Crippen molar-refractivity contribution in [2.75, 3.05) is 5.43 Å². The van der Waals surface area contributed by atoms with Crippen molar-refractivity contribution in [3.05, 3.63) is 96.9 Å². The number of anilines is 1. The molecule has 10 heteroatoms. The zero-order valence-electron chi connectivity index (χ0n) is 16.1. The standard InChI is InChI=1S/C21H14N4O6/c1-12(22-23-18-8-7-14(24(27)28)10-19(18)25(29)30)16-11-17-15-5-3-2-4-13(15)6-9-20(17)31-21(16)26/h2-11,23H,1H3. The summed E-state index contributed by atoms with van der Waals surface area (Å²) < 4.78 is 5.43. The molecule has 1 N–H and O–H groups in total. The minimum Gasteiger partial charge on any atom is -0.422 e. The van der Waals surface area contributed by atoms with E-state index in [1.807, 2.05) is 30.3 Å². The van der Waals surface area contributed by atoms with Crippen LogP contribution in [-0.4, -0.2) is 15.6 Å². The molecule has 0 spiro atoms. The van der Waals surface area contributed by atoms with E-state index in [4.69, 9.17) is 4.42 Å². The summed E-state index contributed by atoms with van der Waals surface area (Å²) in [7, 11) is 0. The van der Waals surface area contributed by atoms with Crippen LogP contribution in [0.3, 0.4) is 0 Å². The van der Waals surface area contributed by atoms with Gasteiger partial charge in [-0.05, 0) is 35.9 Å². The normalized spacial score (nSPS) is 11.6. The number of hydrogen-bond donors (Lipinski definition) is 1. The molecule has 0 fully saturated rings. The van der Waals surface area contributed by atoms with Gasteiger partial charge in [0.05, 0.1) is 27.2 Å². The zero-order chi connectivity index (χ0) is 22.1. The Morgan fingerprint density at radius 1 is 0.968 bits per heavy atom. The van der Waals surface area contributed by atoms with E-state index < -0.39 is 26.8 Å². The summed E-state index contributed by atoms with van der Waals surface area (Å²) in [6.45, 7) is 1.55. The quantitative estimate of drug-likeness (QED) is 0.164. The number of nitrogens with one attached hydrogen (secondary N) is 1. The highest BCUT2D eigenvalue weighted by molar-refractivity contribution is 6.08. The first-order valence-electron chi connectivity index (χ1n) is 9.04. The summed E-state index contributed by atoms with van der Waals surface area (Å²) in [5.41, 5.74) is 1.77. The van der Waals surface area contributed by atoms with Gasteiger partial charge in [0.15, 0.2) is 0 Å². The van der Waals surface area contributed by atoms with Crippen LogP contribution in [0.1, 0.15) is 12.5 Å². The molecule has 0 saturated heterocycles. The SMILES string of the molecule is CC(=NNc1ccc([N+](=O)[O-])cc1[N+](=O)[O-])c1cc2c(ccc3ccccc32)oc1=O. The van der Waals surface area contributed by atoms with E-state index in [9.17, 15) is 25.0 Å². The Morgan fingerprint density at radius 3 is 2.48 bits per heavy atom. The topological polar surface area (TPSA) is 141 Å². The fraction of sp³-hybridized carbons (Fsp3) is 0.0476. The van der Waals surface area contributed by atoms with Gasteiger partial charge in [0.25, 0.3) is 5.69 Å². The molecule has 0 atom stereocenters. The summed E-state index contributed by atoms with van der Waals surface area (Å²) in [6.07, 6.45) is 0. The first-order chi connectivity index (χ1) is 14.8. The molecule has 4 rings (SSSR count). The lowest BCUT2D eigenvalue weighted by Crippen LogP contribution is -2.13. The Hall–Kier alpha value is -4.60. The van der Waals surface area contributed by atoms with Crippen LogP contribution in [0.25, 0.3) is 21.7 Å². The molecule has 1 heterocycles. The number of nitrogens with zero attached hydrogens (tertiary/aromatic N) is 3. The molecule has 0 saturated carbocycles. The number of hydrazone groups is 1. The highest BCUT2D eigenvalue weighted by Gasteiger charge is 2.19. The molecule has 0 aliphatic carbocycles. The van der Waals surface area contributed by atoms with Gasteiger partial charge in [0, 0.05) is 11.5 Å². The Morgan fingerprint density at radius 2 is 1.74 bits per heavy atom. The lowest BCUT2D eigenvalue weighted by atomic mass is 10.0. The van der Waals surface area contributed by atoms with Crippen LogP contribution in [-0.2, 0) is 0 Å². The fourth-order valence-corrected chi connectivity index (χ4v) is 3.21. The second-order valence-electron chi connectivity index (χ2n) is 6.67. The first kappa shape index (κ1) is 19.7. The zero-order valence-corrected chi connectivity index (χ0v) is 16.1. The average molecular weight is 418 g/mol. The maximum atomic E-state index is 12.5. The van der Waals surface area contributed by atoms with E-state index in [-0.39, 0.29) is 17.0 Å². The highest BCUT2D eigenvalue weighted by Crippen LogP contribution is 2.29. The summed E-state index contributed by atoms with van der Waals surface area (Å²) >= 11 is 0. The molecule has 4 aromatic rings. The van der Waals surface area contributed by atoms with E-state index in [0.29, 0.717) is 5.58 Å². The lowest BCUT2D eigenvalue weighted by Gasteiger charge is -2.06. The van der Waals surface area contributed by atoms with Crippen molar-refractivity contribution in [1.82, 2.24) is 0 Å². The molecule has 0 unspecified atom stereocenters. The molecular formula is C21H14N4O6. The summed E-state index contributed by atoms with van der Waals surface area (Å²) in [6, 6.07) is 16.0. The maximum absolute atomic E-state index is 12.5. The van der Waals surface area contributed by atoms with Crippen molar-refractivity contribution < 1.29 is 14.3 Å².